The molecule has 0 aliphatic carbocycles. The summed E-state index contributed by atoms with van der Waals surface area (Å²) in [6, 6.07) is 3.18. The number of rotatable bonds is 2. The van der Waals surface area contributed by atoms with Gasteiger partial charge in [0.2, 0.25) is 5.12 Å². The zero-order valence-electron chi connectivity index (χ0n) is 8.64. The van der Waals surface area contributed by atoms with Crippen LogP contribution in [-0.4, -0.2) is 27.7 Å². The fourth-order valence-electron chi connectivity index (χ4n) is 1.53. The molecular weight excluding hydrogens is 214 g/mol. The minimum atomic E-state index is -2.03. The Balaban J connectivity index is 2.47. The summed E-state index contributed by atoms with van der Waals surface area (Å²) in [6.07, 6.45) is 0. The monoisotopic (exact) mass is 227 g/mol. The van der Waals surface area contributed by atoms with E-state index in [2.05, 4.69) is 4.99 Å². The van der Waals surface area contributed by atoms with E-state index in [1.807, 2.05) is 6.92 Å². The summed E-state index contributed by atoms with van der Waals surface area (Å²) in [5.41, 5.74) is 1.58. The normalized spacial score (nSPS) is 34.3. The molecule has 2 heterocycles. The molecule has 1 aromatic heterocycles. The Hall–Kier alpha value is -1.07. The molecule has 82 valence electrons. The van der Waals surface area contributed by atoms with E-state index >= 15 is 0 Å². The second-order valence-corrected chi connectivity index (χ2v) is 6.40. The molecule has 1 aromatic rings. The molecule has 0 aromatic carbocycles. The van der Waals surface area contributed by atoms with Crippen LogP contribution in [0.5, 0.6) is 0 Å². The molecule has 0 amide bonds. The van der Waals surface area contributed by atoms with Crippen molar-refractivity contribution >= 4 is 20.7 Å². The summed E-state index contributed by atoms with van der Waals surface area (Å²) in [5.74, 6) is 0.526. The summed E-state index contributed by atoms with van der Waals surface area (Å²) >= 11 is 0. The maximum Gasteiger partial charge on any atom is 0.209 e. The Morgan fingerprint density at radius 1 is 1.60 bits per heavy atom. The summed E-state index contributed by atoms with van der Waals surface area (Å²) in [7, 11) is -2.03. The molecule has 1 N–H and O–H groups in total. The fraction of sp³-hybridized carbons (Fsp3) is 0.400. The molecule has 1 aliphatic heterocycles. The number of carbonyl (C=O) groups excluding carboxylic acids is 1. The van der Waals surface area contributed by atoms with Gasteiger partial charge in [-0.25, -0.2) is 0 Å². The number of aryl methyl sites for hydroxylation is 1. The van der Waals surface area contributed by atoms with Crippen LogP contribution in [0.25, 0.3) is 0 Å². The lowest BCUT2D eigenvalue weighted by atomic mass is 10.4. The lowest BCUT2D eigenvalue weighted by Gasteiger charge is -2.25. The van der Waals surface area contributed by atoms with Gasteiger partial charge in [-0.2, -0.15) is 0 Å². The van der Waals surface area contributed by atoms with E-state index in [1.54, 1.807) is 24.6 Å². The molecular formula is C10H13NO3S. The van der Waals surface area contributed by atoms with Crippen molar-refractivity contribution in [3.63, 3.8) is 0 Å². The van der Waals surface area contributed by atoms with Gasteiger partial charge in [-0.1, -0.05) is 10.0 Å². The second-order valence-electron chi connectivity index (χ2n) is 3.54. The smallest absolute Gasteiger partial charge is 0.209 e. The highest BCUT2D eigenvalue weighted by molar-refractivity contribution is 8.54. The Kier molecular flexibility index (Phi) is 2.44. The van der Waals surface area contributed by atoms with Crippen LogP contribution in [0.4, 0.5) is 0 Å². The van der Waals surface area contributed by atoms with Gasteiger partial charge in [0.15, 0.2) is 5.09 Å². The number of aliphatic hydroxyl groups is 1. The van der Waals surface area contributed by atoms with Crippen LogP contribution < -0.4 is 0 Å². The van der Waals surface area contributed by atoms with Gasteiger partial charge in [0.05, 0.1) is 11.5 Å². The average Bonchev–Trinajstić information content (AvgIpc) is 2.76. The number of furan rings is 1. The third-order valence-electron chi connectivity index (χ3n) is 2.44. The van der Waals surface area contributed by atoms with Crippen molar-refractivity contribution in [1.29, 1.82) is 0 Å². The first kappa shape index (κ1) is 10.4. The lowest BCUT2D eigenvalue weighted by molar-refractivity contribution is -0.111. The van der Waals surface area contributed by atoms with Gasteiger partial charge in [-0.3, -0.25) is 9.79 Å². The van der Waals surface area contributed by atoms with E-state index in [0.29, 0.717) is 5.09 Å². The van der Waals surface area contributed by atoms with Gasteiger partial charge in [0.25, 0.3) is 0 Å². The van der Waals surface area contributed by atoms with Crippen LogP contribution in [0.1, 0.15) is 12.7 Å². The average molecular weight is 227 g/mol. The first-order valence-corrected chi connectivity index (χ1v) is 6.52. The van der Waals surface area contributed by atoms with Crippen molar-refractivity contribution in [2.45, 2.75) is 25.0 Å². The maximum absolute atomic E-state index is 12.0. The molecule has 0 saturated heterocycles. The van der Waals surface area contributed by atoms with Crippen molar-refractivity contribution in [1.82, 2.24) is 0 Å². The summed E-state index contributed by atoms with van der Waals surface area (Å²) in [5, 5.41) is 9.96. The van der Waals surface area contributed by atoms with E-state index in [1.165, 1.54) is 0 Å². The van der Waals surface area contributed by atoms with Gasteiger partial charge in [-0.05, 0) is 26.0 Å². The molecule has 0 fully saturated rings. The Bertz CT molecular complexity index is 426. The highest BCUT2D eigenvalue weighted by atomic mass is 32.3. The minimum Gasteiger partial charge on any atom is -0.456 e. The summed E-state index contributed by atoms with van der Waals surface area (Å²) in [4.78, 5) is 16.0. The summed E-state index contributed by atoms with van der Waals surface area (Å²) in [6.45, 7) is 3.55. The number of aliphatic hydroxyl groups excluding tert-OH is 1. The first-order valence-electron chi connectivity index (χ1n) is 4.65. The zero-order valence-corrected chi connectivity index (χ0v) is 9.45. The Morgan fingerprint density at radius 2 is 2.33 bits per heavy atom. The largest absolute Gasteiger partial charge is 0.456 e. The second kappa shape index (κ2) is 3.50. The number of aliphatic imine (C=N–C) groups is 1. The van der Waals surface area contributed by atoms with Crippen molar-refractivity contribution in [3.05, 3.63) is 17.9 Å². The van der Waals surface area contributed by atoms with Gasteiger partial charge >= 0.3 is 0 Å². The SMILES string of the molecule is Cc1ccc(S2(CO)C=NC(C)C2=O)o1. The van der Waals surface area contributed by atoms with Crippen molar-refractivity contribution in [3.8, 4) is 0 Å². The molecule has 0 saturated carbocycles. The Labute approximate surface area is 89.3 Å². The number of hydrogen-bond acceptors (Lipinski definition) is 4. The van der Waals surface area contributed by atoms with Crippen LogP contribution in [0, 0.1) is 6.92 Å². The Morgan fingerprint density at radius 3 is 2.73 bits per heavy atom. The van der Waals surface area contributed by atoms with Crippen molar-refractivity contribution < 1.29 is 14.3 Å². The van der Waals surface area contributed by atoms with Crippen LogP contribution in [0.2, 0.25) is 0 Å². The zero-order chi connectivity index (χ0) is 11.1. The number of hydrogen-bond donors (Lipinski definition) is 1. The summed E-state index contributed by atoms with van der Waals surface area (Å²) < 4.78 is 5.45. The molecule has 1 aliphatic rings. The molecule has 2 unspecified atom stereocenters. The van der Waals surface area contributed by atoms with Gasteiger partial charge in [0, 0.05) is 0 Å². The van der Waals surface area contributed by atoms with E-state index < -0.39 is 10.0 Å². The molecule has 0 radical (unpaired) electrons. The van der Waals surface area contributed by atoms with Crippen LogP contribution in [0.15, 0.2) is 26.6 Å². The lowest BCUT2D eigenvalue weighted by Crippen LogP contribution is -2.18. The highest BCUT2D eigenvalue weighted by Gasteiger charge is 2.42. The minimum absolute atomic E-state index is 0.0284. The molecule has 2 atom stereocenters. The molecule has 15 heavy (non-hydrogen) atoms. The van der Waals surface area contributed by atoms with Crippen molar-refractivity contribution in [2.75, 3.05) is 5.94 Å². The third-order valence-corrected chi connectivity index (χ3v) is 5.33. The highest BCUT2D eigenvalue weighted by Crippen LogP contribution is 2.57. The first-order chi connectivity index (χ1) is 7.10. The third kappa shape index (κ3) is 1.42. The van der Waals surface area contributed by atoms with E-state index in [4.69, 9.17) is 4.42 Å². The van der Waals surface area contributed by atoms with Gasteiger partial charge < -0.3 is 9.52 Å². The predicted molar refractivity (Wildman–Crippen MR) is 59.3 cm³/mol. The van der Waals surface area contributed by atoms with Crippen LogP contribution in [-0.2, 0) is 4.79 Å². The standard InChI is InChI=1S/C10H13NO3S/c1-7-3-4-9(14-7)15(6-12)5-11-8(2)10(15)13/h3-5,8,12H,6H2,1-2H3. The topological polar surface area (TPSA) is 62.8 Å². The van der Waals surface area contributed by atoms with E-state index in [9.17, 15) is 9.90 Å². The van der Waals surface area contributed by atoms with E-state index in [0.717, 1.165) is 5.76 Å². The molecule has 0 bridgehead atoms. The van der Waals surface area contributed by atoms with Gasteiger partial charge in [-0.15, -0.1) is 0 Å². The molecule has 2 rings (SSSR count). The number of carbonyl (C=O) groups is 1. The quantitative estimate of drug-likeness (QED) is 0.835. The van der Waals surface area contributed by atoms with Crippen LogP contribution in [0.3, 0.4) is 0 Å². The molecule has 0 spiro atoms. The number of nitrogens with zero attached hydrogens (tertiary/aromatic N) is 1. The van der Waals surface area contributed by atoms with Crippen molar-refractivity contribution in [2.24, 2.45) is 4.99 Å². The predicted octanol–water partition coefficient (Wildman–Crippen LogP) is 1.66. The fourth-order valence-corrected chi connectivity index (χ4v) is 3.91. The van der Waals surface area contributed by atoms with E-state index in [-0.39, 0.29) is 17.1 Å². The van der Waals surface area contributed by atoms with Gasteiger partial charge in [0.1, 0.15) is 11.8 Å². The van der Waals surface area contributed by atoms with Crippen LogP contribution >= 0.6 is 10.0 Å². The molecule has 5 heteroatoms. The molecule has 4 nitrogen and oxygen atoms in total. The maximum atomic E-state index is 12.0.